The Morgan fingerprint density at radius 3 is 0.305 bits per heavy atom. The van der Waals surface area contributed by atoms with E-state index in [0.29, 0.717) is 0 Å². The summed E-state index contributed by atoms with van der Waals surface area (Å²) in [5.74, 6) is 4.63. The molecule has 0 saturated carbocycles. The lowest BCUT2D eigenvalue weighted by atomic mass is 12.3. The molecule has 0 fully saturated rings. The van der Waals surface area contributed by atoms with Crippen molar-refractivity contribution in [1.29, 1.82) is 5.53 Å². The van der Waals surface area contributed by atoms with Crippen LogP contribution in [-0.4, -0.2) is 0 Å². The van der Waals surface area contributed by atoms with Crippen LogP contribution in [0.5, 0.6) is 0 Å². The van der Waals surface area contributed by atoms with Gasteiger partial charge in [0.05, 0.1) is 0 Å². The smallest absolute Gasteiger partial charge is 0 e. The first-order chi connectivity index (χ1) is 29.4. The highest BCUT2D eigenvalue weighted by Gasteiger charge is 1.76. The topological polar surface area (TPSA) is 754 Å². The van der Waals surface area contributed by atoms with Crippen LogP contribution in [0, 0.1) is 5.53 Å². The molecule has 0 atom stereocenters. The van der Waals surface area contributed by atoms with E-state index in [1.54, 1.807) is 0 Å². The normalized spacial score (nSPS) is 15.4. The lowest BCUT2D eigenvalue weighted by Crippen LogP contribution is -1.70. The van der Waals surface area contributed by atoms with Crippen LogP contribution in [0.15, 0.2) is 298 Å². The lowest BCUT2D eigenvalue weighted by Gasteiger charge is -1.70. The zero-order chi connectivity index (χ0) is 42.3. The average molecular weight is 829 g/mol. The zero-order valence-corrected chi connectivity index (χ0v) is 26.6. The van der Waals surface area contributed by atoms with Gasteiger partial charge in [-0.2, -0.15) is 5.53 Å². The number of rotatable bonds is 28. The van der Waals surface area contributed by atoms with Crippen molar-refractivity contribution in [3.05, 3.63) is 0 Å². The molecule has 59 heavy (non-hydrogen) atoms. The Labute approximate surface area is 310 Å². The maximum Gasteiger partial charge on any atom is 0 e. The Morgan fingerprint density at radius 2 is 0.220 bits per heavy atom. The van der Waals surface area contributed by atoms with Crippen LogP contribution in [-0.2, 0) is 0 Å². The molecule has 0 unspecified atom stereocenters. The van der Waals surface area contributed by atoms with Gasteiger partial charge in [-0.05, 0) is 78.3 Å². The minimum absolute atomic E-state index is 2.50. The maximum atomic E-state index is 6.26. The first kappa shape index (κ1) is 47.2. The van der Waals surface area contributed by atoms with Crippen LogP contribution in [0.2, 0.25) is 0 Å². The Bertz CT molecular complexity index is 1930. The van der Waals surface area contributed by atoms with Gasteiger partial charge in [0.2, 0.25) is 0 Å². The van der Waals surface area contributed by atoms with Crippen molar-refractivity contribution in [2.24, 2.45) is 304 Å². The van der Waals surface area contributed by atoms with Gasteiger partial charge >= 0.3 is 0 Å². The van der Waals surface area contributed by atoms with Crippen LogP contribution in [0.3, 0.4) is 0 Å². The molecule has 0 spiro atoms. The predicted molar refractivity (Wildman–Crippen MR) is 145 cm³/mol. The van der Waals surface area contributed by atoms with Gasteiger partial charge in [-0.1, -0.05) is 5.22 Å². The van der Waals surface area contributed by atoms with E-state index in [4.69, 9.17) is 5.53 Å². The molecular weight excluding hydrogens is 826 g/mol. The van der Waals surface area contributed by atoms with Crippen LogP contribution in [0.1, 0.15) is 0 Å². The molecule has 0 amide bonds. The molecule has 3 N–H and O–H groups in total. The summed E-state index contributed by atoms with van der Waals surface area (Å²) in [5.41, 5.74) is 6.26. The van der Waals surface area contributed by atoms with Gasteiger partial charge in [0.15, 0.2) is 0 Å². The molecule has 0 radical (unpaired) electrons. The Balaban J connectivity index is 4.07. The van der Waals surface area contributed by atoms with E-state index >= 15 is 0 Å². The fraction of sp³-hybridized carbons (Fsp3) is 0. The molecule has 0 aliphatic carbocycles. The summed E-state index contributed by atoms with van der Waals surface area (Å²) in [6.45, 7) is 0. The fourth-order valence-corrected chi connectivity index (χ4v) is 0.991. The van der Waals surface area contributed by atoms with E-state index in [-0.39, 0.29) is 0 Å². The minimum atomic E-state index is 2.50. The van der Waals surface area contributed by atoms with Gasteiger partial charge in [-0.3, -0.25) is 0 Å². The molecule has 0 aliphatic heterocycles. The number of nitrogens with two attached hydrogens (primary N) is 1. The van der Waals surface area contributed by atoms with Crippen molar-refractivity contribution in [2.45, 2.75) is 0 Å². The molecular formula is H3N59. The van der Waals surface area contributed by atoms with E-state index in [2.05, 4.69) is 304 Å². The summed E-state index contributed by atoms with van der Waals surface area (Å²) in [6.07, 6.45) is 0. The Morgan fingerprint density at radius 1 is 0.136 bits per heavy atom. The van der Waals surface area contributed by atoms with Gasteiger partial charge in [-0.25, -0.2) is 0 Å². The van der Waals surface area contributed by atoms with Crippen LogP contribution in [0.4, 0.5) is 0 Å². The summed E-state index contributed by atoms with van der Waals surface area (Å²) >= 11 is 0. The van der Waals surface area contributed by atoms with E-state index in [9.17, 15) is 0 Å². The van der Waals surface area contributed by atoms with Crippen LogP contribution in [0.25, 0.3) is 0 Å². The highest BCUT2D eigenvalue weighted by atomic mass is 15.8. The summed E-state index contributed by atoms with van der Waals surface area (Å²) in [4.78, 5) is 0. The third-order valence-electron chi connectivity index (χ3n) is 2.26. The highest BCUT2D eigenvalue weighted by molar-refractivity contribution is 4.18. The first-order valence-corrected chi connectivity index (χ1v) is 11.7. The van der Waals surface area contributed by atoms with Crippen LogP contribution >= 0.6 is 0 Å². The minimum Gasteiger partial charge on any atom is -0.303 e. The summed E-state index contributed by atoms with van der Waals surface area (Å²) in [7, 11) is 0. The van der Waals surface area contributed by atoms with Crippen molar-refractivity contribution in [3.63, 3.8) is 0 Å². The number of hydrogen-bond acceptors (Lipinski definition) is 2. The second kappa shape index (κ2) is 46.2. The van der Waals surface area contributed by atoms with Crippen LogP contribution < -0.4 is 5.84 Å². The number of nitrogens with one attached hydrogen (secondary N) is 1. The lowest BCUT2D eigenvalue weighted by molar-refractivity contribution is 0.724. The fourth-order valence-electron chi connectivity index (χ4n) is 0.991. The maximum absolute atomic E-state index is 6.26. The van der Waals surface area contributed by atoms with E-state index < -0.39 is 0 Å². The van der Waals surface area contributed by atoms with Crippen molar-refractivity contribution >= 4 is 0 Å². The quantitative estimate of drug-likeness (QED) is 0.0433. The summed E-state index contributed by atoms with van der Waals surface area (Å²) < 4.78 is 0. The molecule has 59 heteroatoms. The van der Waals surface area contributed by atoms with E-state index in [1.165, 1.54) is 0 Å². The standard InChI is InChI=1S/H3N59/c1-3-5-7-9-11-13-15-17-19-21-23-25-27-29-31-33-35-37-39-41-43-45-47-49-51-53-55-57-59-58-56-54-52-50-48-46-44-42-40-38-36-34-32-30-28-26-24-22-20-18-16-14-12-10-8-6-4-2/h(H3,1,2,5,6,9,10,13,14,17,18,21,22,25,26,29,30,33,34,37,38,41,42,45,46,49,50,53,54,57,58). The largest absolute Gasteiger partial charge is 0.303 e. The third kappa shape index (κ3) is 46.2. The second-order valence-corrected chi connectivity index (χ2v) is 5.13. The van der Waals surface area contributed by atoms with Gasteiger partial charge in [0.1, 0.15) is 0 Å². The van der Waals surface area contributed by atoms with Gasteiger partial charge in [0.25, 0.3) is 0 Å². The summed E-state index contributed by atoms with van der Waals surface area (Å²) in [6, 6.07) is 0. The SMILES string of the molecule is N=N/N=N/N=N/N=N/N=N/N=N/N=N/N=N/N=N/N=N/N=N/N=N/N=N/N=N/N=N/N=N/N=N/N=N/N=N/N=N/N=N/N=N/N=N/N=N/N=N/N=N/N=N/N=N/N=N/N. The highest BCUT2D eigenvalue weighted by Crippen LogP contribution is 1.94. The monoisotopic (exact) mass is 829 g/mol. The molecule has 0 heterocycles. The molecule has 0 aliphatic rings. The summed E-state index contributed by atoms with van der Waals surface area (Å²) in [5, 5.41) is 169. The Kier molecular flexibility index (Phi) is 37.0. The third-order valence-corrected chi connectivity index (χ3v) is 2.26. The Hall–Kier alpha value is -11.8. The molecule has 298 valence electrons. The number of nitrogens with zero attached hydrogens (tertiary/aromatic N) is 57. The van der Waals surface area contributed by atoms with Crippen molar-refractivity contribution < 1.29 is 0 Å². The molecule has 0 aromatic carbocycles. The van der Waals surface area contributed by atoms with Crippen molar-refractivity contribution in [1.82, 2.24) is 0 Å². The van der Waals surface area contributed by atoms with Crippen molar-refractivity contribution in [2.75, 3.05) is 0 Å². The predicted octanol–water partition coefficient (Wildman–Crippen LogP) is 10.2. The average Bonchev–Trinajstić information content (AvgIpc) is 3.25. The second-order valence-electron chi connectivity index (χ2n) is 5.13. The van der Waals surface area contributed by atoms with Crippen molar-refractivity contribution in [3.8, 4) is 0 Å². The zero-order valence-electron chi connectivity index (χ0n) is 26.6. The van der Waals surface area contributed by atoms with Gasteiger partial charge in [-0.15, -0.1) is 0 Å². The molecule has 0 bridgehead atoms. The van der Waals surface area contributed by atoms with Gasteiger partial charge in [0, 0.05) is 214 Å². The molecule has 0 aromatic rings. The molecule has 0 saturated heterocycles. The molecule has 0 aromatic heterocycles. The van der Waals surface area contributed by atoms with Gasteiger partial charge < -0.3 is 5.84 Å². The molecule has 0 rings (SSSR count). The first-order valence-electron chi connectivity index (χ1n) is 11.7. The van der Waals surface area contributed by atoms with E-state index in [1.807, 2.05) is 0 Å². The number of hydrogen-bond donors (Lipinski definition) is 2. The van der Waals surface area contributed by atoms with E-state index in [0.717, 1.165) is 0 Å². The molecule has 59 nitrogen and oxygen atoms in total.